The number of sulfonamides is 1. The van der Waals surface area contributed by atoms with E-state index >= 15 is 0 Å². The molecule has 1 aromatic carbocycles. The average Bonchev–Trinajstić information content (AvgIpc) is 2.73. The summed E-state index contributed by atoms with van der Waals surface area (Å²) in [7, 11) is -2.43. The van der Waals surface area contributed by atoms with Crippen LogP contribution >= 0.6 is 0 Å². The number of carbonyl (C=O) groups excluding carboxylic acids is 1. The number of carbonyl (C=O) groups is 1. The van der Waals surface area contributed by atoms with Crippen molar-refractivity contribution in [1.82, 2.24) is 9.79 Å². The van der Waals surface area contributed by atoms with Crippen molar-refractivity contribution >= 4 is 15.9 Å². The van der Waals surface area contributed by atoms with E-state index in [1.165, 1.54) is 9.79 Å². The first-order valence-corrected chi connectivity index (χ1v) is 10.9. The van der Waals surface area contributed by atoms with Crippen LogP contribution in [-0.4, -0.2) is 79.3 Å². The molecule has 2 atom stereocenters. The van der Waals surface area contributed by atoms with E-state index < -0.39 is 33.4 Å². The van der Waals surface area contributed by atoms with Crippen LogP contribution in [0.3, 0.4) is 0 Å². The molecule has 0 aliphatic carbocycles. The molecule has 1 amide bonds. The van der Waals surface area contributed by atoms with Crippen LogP contribution in [0.15, 0.2) is 24.3 Å². The topological polar surface area (TPSA) is 135 Å². The van der Waals surface area contributed by atoms with Gasteiger partial charge in [-0.15, -0.1) is 0 Å². The highest BCUT2D eigenvalue weighted by Crippen LogP contribution is 2.31. The van der Waals surface area contributed by atoms with Gasteiger partial charge in [0, 0.05) is 25.8 Å². The second-order valence-electron chi connectivity index (χ2n) is 7.14. The van der Waals surface area contributed by atoms with Gasteiger partial charge in [-0.05, 0) is 31.4 Å². The quantitative estimate of drug-likeness (QED) is 0.420. The summed E-state index contributed by atoms with van der Waals surface area (Å²) in [5, 5.41) is 18.1. The van der Waals surface area contributed by atoms with E-state index in [-0.39, 0.29) is 32.2 Å². The van der Waals surface area contributed by atoms with Gasteiger partial charge in [0.1, 0.15) is 22.9 Å². The smallest absolute Gasteiger partial charge is 0.279 e. The number of rotatable bonds is 6. The number of benzene rings is 1. The Hall–Kier alpha value is -1.92. The number of hydrogen-bond donors (Lipinski definition) is 3. The van der Waals surface area contributed by atoms with Gasteiger partial charge in [0.15, 0.2) is 5.60 Å². The number of methoxy groups -OCH3 is 1. The molecule has 162 valence electrons. The largest absolute Gasteiger partial charge is 0.497 e. The molecule has 2 heterocycles. The molecule has 2 aliphatic heterocycles. The lowest BCUT2D eigenvalue weighted by molar-refractivity contribution is -0.161. The van der Waals surface area contributed by atoms with E-state index in [1.54, 1.807) is 25.3 Å². The number of aliphatic hydroxyl groups is 1. The third-order valence-corrected chi connectivity index (χ3v) is 7.77. The lowest BCUT2D eigenvalue weighted by atomic mass is 9.95. The van der Waals surface area contributed by atoms with Crippen LogP contribution in [0.1, 0.15) is 19.3 Å². The molecule has 2 unspecified atom stereocenters. The number of ether oxygens (including phenoxy) is 3. The lowest BCUT2D eigenvalue weighted by Gasteiger charge is -2.41. The Kier molecular flexibility index (Phi) is 6.64. The van der Waals surface area contributed by atoms with Crippen molar-refractivity contribution in [2.75, 3.05) is 33.4 Å². The van der Waals surface area contributed by atoms with Gasteiger partial charge in [0.2, 0.25) is 10.0 Å². The second kappa shape index (κ2) is 8.84. The standard InChI is InChI=1S/C18H26N2O8S/c1-26-14-3-2-4-15(11-14)28-13-5-8-20(9-6-13)29(24,25)16-7-10-27-12-18(16,22)17(21)19-23/h2-4,11,13,16,22-23H,5-10,12H2,1H3,(H,19,21). The summed E-state index contributed by atoms with van der Waals surface area (Å²) in [5.74, 6) is 0.120. The minimum absolute atomic E-state index is 0.0491. The maximum absolute atomic E-state index is 13.1. The molecule has 2 saturated heterocycles. The molecule has 0 aromatic heterocycles. The Labute approximate surface area is 169 Å². The summed E-state index contributed by atoms with van der Waals surface area (Å²) in [5.41, 5.74) is -1.01. The number of hydroxylamine groups is 1. The van der Waals surface area contributed by atoms with Crippen LogP contribution < -0.4 is 15.0 Å². The van der Waals surface area contributed by atoms with Gasteiger partial charge in [-0.3, -0.25) is 10.0 Å². The maximum atomic E-state index is 13.1. The van der Waals surface area contributed by atoms with Gasteiger partial charge in [0.25, 0.3) is 5.91 Å². The SMILES string of the molecule is COc1cccc(OC2CCN(S(=O)(=O)C3CCOCC3(O)C(=O)NO)CC2)c1. The van der Waals surface area contributed by atoms with Gasteiger partial charge in [-0.25, -0.2) is 18.2 Å². The third kappa shape index (κ3) is 4.48. The van der Waals surface area contributed by atoms with Gasteiger partial charge in [0.05, 0.1) is 13.7 Å². The van der Waals surface area contributed by atoms with Crippen molar-refractivity contribution in [2.45, 2.75) is 36.2 Å². The maximum Gasteiger partial charge on any atom is 0.279 e. The zero-order valence-electron chi connectivity index (χ0n) is 16.1. The average molecular weight is 430 g/mol. The van der Waals surface area contributed by atoms with Crippen LogP contribution in [0.5, 0.6) is 11.5 Å². The molecule has 0 bridgehead atoms. The molecule has 0 radical (unpaired) electrons. The number of hydrogen-bond acceptors (Lipinski definition) is 8. The zero-order valence-corrected chi connectivity index (χ0v) is 16.9. The Balaban J connectivity index is 1.66. The molecule has 2 aliphatic rings. The molecule has 29 heavy (non-hydrogen) atoms. The fourth-order valence-corrected chi connectivity index (χ4v) is 5.85. The highest BCUT2D eigenvalue weighted by molar-refractivity contribution is 7.89. The van der Waals surface area contributed by atoms with Crippen molar-refractivity contribution < 1.29 is 37.7 Å². The molecule has 0 spiro atoms. The molecule has 10 nitrogen and oxygen atoms in total. The summed E-state index contributed by atoms with van der Waals surface area (Å²) in [6.45, 7) is -0.00463. The first-order valence-electron chi connectivity index (χ1n) is 9.35. The molecular weight excluding hydrogens is 404 g/mol. The van der Waals surface area contributed by atoms with Crippen molar-refractivity contribution in [3.63, 3.8) is 0 Å². The normalized spacial score (nSPS) is 26.7. The molecule has 11 heteroatoms. The van der Waals surface area contributed by atoms with Crippen molar-refractivity contribution in [1.29, 1.82) is 0 Å². The molecule has 3 N–H and O–H groups in total. The van der Waals surface area contributed by atoms with E-state index in [0.717, 1.165) is 0 Å². The molecule has 1 aromatic rings. The summed E-state index contributed by atoms with van der Waals surface area (Å²) < 4.78 is 43.7. The van der Waals surface area contributed by atoms with Crippen LogP contribution in [0.25, 0.3) is 0 Å². The lowest BCUT2D eigenvalue weighted by Crippen LogP contribution is -2.64. The number of nitrogens with zero attached hydrogens (tertiary/aromatic N) is 1. The highest BCUT2D eigenvalue weighted by Gasteiger charge is 2.54. The van der Waals surface area contributed by atoms with Crippen molar-refractivity contribution in [2.24, 2.45) is 0 Å². The van der Waals surface area contributed by atoms with Gasteiger partial charge in [-0.2, -0.15) is 0 Å². The van der Waals surface area contributed by atoms with E-state index in [0.29, 0.717) is 24.3 Å². The fourth-order valence-electron chi connectivity index (χ4n) is 3.71. The monoisotopic (exact) mass is 430 g/mol. The predicted octanol–water partition coefficient (Wildman–Crippen LogP) is -0.106. The summed E-state index contributed by atoms with van der Waals surface area (Å²) in [4.78, 5) is 11.9. The van der Waals surface area contributed by atoms with Gasteiger partial charge >= 0.3 is 0 Å². The number of piperidine rings is 1. The van der Waals surface area contributed by atoms with Crippen LogP contribution in [0.4, 0.5) is 0 Å². The minimum atomic E-state index is -4.00. The number of amides is 1. The van der Waals surface area contributed by atoms with E-state index in [1.807, 2.05) is 6.07 Å². The van der Waals surface area contributed by atoms with E-state index in [2.05, 4.69) is 0 Å². The highest BCUT2D eigenvalue weighted by atomic mass is 32.2. The van der Waals surface area contributed by atoms with Crippen LogP contribution in [-0.2, 0) is 19.6 Å². The first-order chi connectivity index (χ1) is 13.8. The summed E-state index contributed by atoms with van der Waals surface area (Å²) in [6, 6.07) is 7.19. The third-order valence-electron chi connectivity index (χ3n) is 5.34. The Morgan fingerprint density at radius 3 is 2.62 bits per heavy atom. The molecule has 0 saturated carbocycles. The first kappa shape index (κ1) is 21.8. The van der Waals surface area contributed by atoms with E-state index in [4.69, 9.17) is 19.4 Å². The molecule has 3 rings (SSSR count). The van der Waals surface area contributed by atoms with Crippen molar-refractivity contribution in [3.05, 3.63) is 24.3 Å². The fraction of sp³-hybridized carbons (Fsp3) is 0.611. The van der Waals surface area contributed by atoms with Gasteiger partial charge in [-0.1, -0.05) is 6.07 Å². The van der Waals surface area contributed by atoms with Gasteiger partial charge < -0.3 is 19.3 Å². The van der Waals surface area contributed by atoms with Crippen LogP contribution in [0, 0.1) is 0 Å². The predicted molar refractivity (Wildman–Crippen MR) is 101 cm³/mol. The summed E-state index contributed by atoms with van der Waals surface area (Å²) in [6.07, 6.45) is 0.712. The number of nitrogens with one attached hydrogen (secondary N) is 1. The summed E-state index contributed by atoms with van der Waals surface area (Å²) >= 11 is 0. The van der Waals surface area contributed by atoms with Crippen molar-refractivity contribution in [3.8, 4) is 11.5 Å². The molecular formula is C18H26N2O8S. The Morgan fingerprint density at radius 1 is 1.28 bits per heavy atom. The van der Waals surface area contributed by atoms with E-state index in [9.17, 15) is 18.3 Å². The Morgan fingerprint density at radius 2 is 1.97 bits per heavy atom. The van der Waals surface area contributed by atoms with Crippen LogP contribution in [0.2, 0.25) is 0 Å². The minimum Gasteiger partial charge on any atom is -0.497 e. The Bertz CT molecular complexity index is 825. The second-order valence-corrected chi connectivity index (χ2v) is 9.25. The zero-order chi connectivity index (χ0) is 21.1. The molecule has 2 fully saturated rings.